The van der Waals surface area contributed by atoms with Crippen molar-refractivity contribution < 1.29 is 19.1 Å². The van der Waals surface area contributed by atoms with E-state index in [1.54, 1.807) is 0 Å². The molecule has 1 saturated carbocycles. The van der Waals surface area contributed by atoms with E-state index in [4.69, 9.17) is 16.0 Å². The molecule has 1 fully saturated rings. The van der Waals surface area contributed by atoms with Crippen LogP contribution in [0.25, 0.3) is 0 Å². The van der Waals surface area contributed by atoms with Crippen LogP contribution in [0.4, 0.5) is 0 Å². The van der Waals surface area contributed by atoms with Gasteiger partial charge >= 0.3 is 5.97 Å². The van der Waals surface area contributed by atoms with Gasteiger partial charge in [-0.05, 0) is 49.4 Å². The van der Waals surface area contributed by atoms with Crippen molar-refractivity contribution in [2.45, 2.75) is 25.3 Å². The third kappa shape index (κ3) is 2.29. The lowest BCUT2D eigenvalue weighted by atomic mass is 9.96. The average Bonchev–Trinajstić information content (AvgIpc) is 3.01. The van der Waals surface area contributed by atoms with Gasteiger partial charge in [-0.25, -0.2) is 4.79 Å². The zero-order valence-corrected chi connectivity index (χ0v) is 9.95. The number of halogens is 1. The fourth-order valence-corrected chi connectivity index (χ4v) is 1.87. The smallest absolute Gasteiger partial charge is 0.329 e. The molecule has 2 rings (SSSR count). The summed E-state index contributed by atoms with van der Waals surface area (Å²) in [5.74, 6) is -1.60. The van der Waals surface area contributed by atoms with E-state index in [1.165, 1.54) is 19.1 Å². The predicted molar refractivity (Wildman–Crippen MR) is 59.9 cm³/mol. The number of carboxylic acid groups (broad SMARTS) is 1. The van der Waals surface area contributed by atoms with Crippen molar-refractivity contribution in [1.29, 1.82) is 0 Å². The van der Waals surface area contributed by atoms with Crippen LogP contribution in [0.15, 0.2) is 16.5 Å². The summed E-state index contributed by atoms with van der Waals surface area (Å²) in [6.45, 7) is 1.51. The summed E-state index contributed by atoms with van der Waals surface area (Å²) in [5.41, 5.74) is -1.24. The van der Waals surface area contributed by atoms with Crippen molar-refractivity contribution in [3.05, 3.63) is 23.1 Å². The number of nitrogens with one attached hydrogen (secondary N) is 1. The SMILES string of the molecule is CC(NC(=O)c1ccc(Cl)o1)(C(=O)O)C1CC1. The molecular formula is C11H12ClNO4. The number of carbonyl (C=O) groups excluding carboxylic acids is 1. The maximum Gasteiger partial charge on any atom is 0.329 e. The minimum atomic E-state index is -1.24. The third-order valence-electron chi connectivity index (χ3n) is 3.01. The van der Waals surface area contributed by atoms with Gasteiger partial charge in [-0.2, -0.15) is 0 Å². The van der Waals surface area contributed by atoms with Gasteiger partial charge < -0.3 is 14.8 Å². The summed E-state index contributed by atoms with van der Waals surface area (Å²) in [5, 5.41) is 11.8. The van der Waals surface area contributed by atoms with Crippen molar-refractivity contribution >= 4 is 23.5 Å². The van der Waals surface area contributed by atoms with Crippen LogP contribution in [-0.4, -0.2) is 22.5 Å². The van der Waals surface area contributed by atoms with Gasteiger partial charge in [0.1, 0.15) is 5.54 Å². The minimum absolute atomic E-state index is 0.0168. The largest absolute Gasteiger partial charge is 0.480 e. The number of carbonyl (C=O) groups is 2. The van der Waals surface area contributed by atoms with Gasteiger partial charge in [0.25, 0.3) is 5.91 Å². The highest BCUT2D eigenvalue weighted by Gasteiger charge is 2.48. The van der Waals surface area contributed by atoms with E-state index in [0.29, 0.717) is 0 Å². The normalized spacial score (nSPS) is 18.5. The monoisotopic (exact) mass is 257 g/mol. The molecule has 0 spiro atoms. The van der Waals surface area contributed by atoms with E-state index < -0.39 is 17.4 Å². The van der Waals surface area contributed by atoms with Gasteiger partial charge in [0, 0.05) is 0 Å². The first-order valence-corrected chi connectivity index (χ1v) is 5.62. The molecule has 5 nitrogen and oxygen atoms in total. The highest BCUT2D eigenvalue weighted by atomic mass is 35.5. The molecule has 1 heterocycles. The van der Waals surface area contributed by atoms with Crippen LogP contribution in [0.2, 0.25) is 5.22 Å². The lowest BCUT2D eigenvalue weighted by Crippen LogP contribution is -2.53. The van der Waals surface area contributed by atoms with Crippen LogP contribution in [0.1, 0.15) is 30.3 Å². The molecule has 0 bridgehead atoms. The Labute approximate surface area is 103 Å². The Kier molecular flexibility index (Phi) is 2.87. The van der Waals surface area contributed by atoms with Crippen LogP contribution in [0, 0.1) is 5.92 Å². The van der Waals surface area contributed by atoms with E-state index in [2.05, 4.69) is 5.32 Å². The molecule has 0 aromatic carbocycles. The molecule has 6 heteroatoms. The molecule has 1 unspecified atom stereocenters. The Morgan fingerprint density at radius 2 is 2.18 bits per heavy atom. The number of carboxylic acids is 1. The zero-order valence-electron chi connectivity index (χ0n) is 9.20. The number of hydrogen-bond donors (Lipinski definition) is 2. The van der Waals surface area contributed by atoms with Gasteiger partial charge in [-0.3, -0.25) is 4.79 Å². The Morgan fingerprint density at radius 1 is 1.53 bits per heavy atom. The standard InChI is InChI=1S/C11H12ClNO4/c1-11(10(15)16,6-2-3-6)13-9(14)7-4-5-8(12)17-7/h4-6H,2-3H2,1H3,(H,13,14)(H,15,16). The van der Waals surface area contributed by atoms with Crippen LogP contribution in [-0.2, 0) is 4.79 Å². The average molecular weight is 258 g/mol. The van der Waals surface area contributed by atoms with E-state index in [0.717, 1.165) is 12.8 Å². The van der Waals surface area contributed by atoms with Crippen LogP contribution in [0.5, 0.6) is 0 Å². The summed E-state index contributed by atoms with van der Waals surface area (Å²) >= 11 is 5.55. The fourth-order valence-electron chi connectivity index (χ4n) is 1.72. The molecule has 0 radical (unpaired) electrons. The number of amides is 1. The molecule has 1 aromatic rings. The molecule has 17 heavy (non-hydrogen) atoms. The summed E-state index contributed by atoms with van der Waals surface area (Å²) in [7, 11) is 0. The van der Waals surface area contributed by atoms with Crippen molar-refractivity contribution in [2.75, 3.05) is 0 Å². The topological polar surface area (TPSA) is 79.5 Å². The summed E-state index contributed by atoms with van der Waals surface area (Å²) < 4.78 is 4.93. The number of aliphatic carboxylic acids is 1. The van der Waals surface area contributed by atoms with Crippen LogP contribution < -0.4 is 5.32 Å². The lowest BCUT2D eigenvalue weighted by Gasteiger charge is -2.25. The second-order valence-electron chi connectivity index (χ2n) is 4.34. The molecule has 1 aliphatic carbocycles. The first-order chi connectivity index (χ1) is 7.93. The third-order valence-corrected chi connectivity index (χ3v) is 3.21. The highest BCUT2D eigenvalue weighted by molar-refractivity contribution is 6.29. The molecule has 1 atom stereocenters. The molecule has 2 N–H and O–H groups in total. The second kappa shape index (κ2) is 4.07. The molecular weight excluding hydrogens is 246 g/mol. The Morgan fingerprint density at radius 3 is 2.59 bits per heavy atom. The second-order valence-corrected chi connectivity index (χ2v) is 4.71. The van der Waals surface area contributed by atoms with Gasteiger partial charge in [0.15, 0.2) is 11.0 Å². The van der Waals surface area contributed by atoms with Crippen molar-refractivity contribution in [1.82, 2.24) is 5.32 Å². The van der Waals surface area contributed by atoms with Gasteiger partial charge in [0.2, 0.25) is 0 Å². The van der Waals surface area contributed by atoms with E-state index >= 15 is 0 Å². The minimum Gasteiger partial charge on any atom is -0.480 e. The molecule has 0 aliphatic heterocycles. The molecule has 1 amide bonds. The molecule has 1 aliphatic rings. The molecule has 92 valence electrons. The Hall–Kier alpha value is -1.49. The number of furan rings is 1. The lowest BCUT2D eigenvalue weighted by molar-refractivity contribution is -0.144. The zero-order chi connectivity index (χ0) is 12.6. The van der Waals surface area contributed by atoms with Gasteiger partial charge in [0.05, 0.1) is 0 Å². The number of hydrogen-bond acceptors (Lipinski definition) is 3. The summed E-state index contributed by atoms with van der Waals surface area (Å²) in [4.78, 5) is 23.0. The van der Waals surface area contributed by atoms with Crippen molar-refractivity contribution in [3.63, 3.8) is 0 Å². The van der Waals surface area contributed by atoms with Crippen molar-refractivity contribution in [2.24, 2.45) is 5.92 Å². The molecule has 0 saturated heterocycles. The first-order valence-electron chi connectivity index (χ1n) is 5.24. The highest BCUT2D eigenvalue weighted by Crippen LogP contribution is 2.39. The quantitative estimate of drug-likeness (QED) is 0.864. The van der Waals surface area contributed by atoms with E-state index in [1.807, 2.05) is 0 Å². The van der Waals surface area contributed by atoms with Crippen molar-refractivity contribution in [3.8, 4) is 0 Å². The Bertz CT molecular complexity index is 466. The van der Waals surface area contributed by atoms with Crippen LogP contribution in [0.3, 0.4) is 0 Å². The van der Waals surface area contributed by atoms with E-state index in [9.17, 15) is 14.7 Å². The maximum absolute atomic E-state index is 11.8. The summed E-state index contributed by atoms with van der Waals surface area (Å²) in [6.07, 6.45) is 1.62. The molecule has 1 aromatic heterocycles. The van der Waals surface area contributed by atoms with Gasteiger partial charge in [-0.15, -0.1) is 0 Å². The van der Waals surface area contributed by atoms with Gasteiger partial charge in [-0.1, -0.05) is 0 Å². The predicted octanol–water partition coefficient (Wildman–Crippen LogP) is 1.92. The number of rotatable bonds is 4. The maximum atomic E-state index is 11.8. The van der Waals surface area contributed by atoms with Crippen LogP contribution >= 0.6 is 11.6 Å². The fraction of sp³-hybridized carbons (Fsp3) is 0.455. The first kappa shape index (κ1) is 12.0. The summed E-state index contributed by atoms with van der Waals surface area (Å²) in [6, 6.07) is 2.85. The van der Waals surface area contributed by atoms with E-state index in [-0.39, 0.29) is 16.9 Å². The Balaban J connectivity index is 2.14.